The van der Waals surface area contributed by atoms with Crippen molar-refractivity contribution in [3.8, 4) is 0 Å². The Balaban J connectivity index is 1.85. The Labute approximate surface area is 195 Å². The van der Waals surface area contributed by atoms with Crippen molar-refractivity contribution in [2.24, 2.45) is 11.8 Å². The van der Waals surface area contributed by atoms with Crippen LogP contribution in [0.5, 0.6) is 0 Å². The Hall–Kier alpha value is -2.19. The zero-order valence-corrected chi connectivity index (χ0v) is 19.9. The number of carbonyl (C=O) groups is 3. The first-order valence-electron chi connectivity index (χ1n) is 12.3. The second-order valence-corrected chi connectivity index (χ2v) is 9.62. The van der Waals surface area contributed by atoms with Gasteiger partial charge in [-0.25, -0.2) is 0 Å². The lowest BCUT2D eigenvalue weighted by Crippen LogP contribution is -2.57. The number of ether oxygens (including phenoxy) is 2. The molecule has 2 fully saturated rings. The first kappa shape index (κ1) is 24.0. The van der Waals surface area contributed by atoms with Gasteiger partial charge in [0.05, 0.1) is 12.5 Å². The molecule has 0 aromatic rings. The molecule has 0 aromatic carbocycles. The highest BCUT2D eigenvalue weighted by Gasteiger charge is 2.75. The summed E-state index contributed by atoms with van der Waals surface area (Å²) < 4.78 is 12.3. The standard InChI is InChI=1S/C25H36N2O6/c1-4-10-17(3)26-13-8-12-25-18(21(29)27(14-9-15-28)20(25)22(26)30)19-23(31)32-16-7-6-11-24(19,5-2)33-25/h6,8,11-12,17-20,28H,4-5,7,9-10,13-16H2,1-3H3/t17?,18-,19+,20?,24-,25-/m0/s1. The molecule has 0 bridgehead atoms. The Morgan fingerprint density at radius 3 is 2.64 bits per heavy atom. The minimum atomic E-state index is -1.25. The molecule has 4 aliphatic heterocycles. The van der Waals surface area contributed by atoms with Gasteiger partial charge >= 0.3 is 5.97 Å². The summed E-state index contributed by atoms with van der Waals surface area (Å²) in [6.45, 7) is 6.87. The largest absolute Gasteiger partial charge is 0.465 e. The lowest BCUT2D eigenvalue weighted by molar-refractivity contribution is -0.162. The molecule has 2 saturated heterocycles. The minimum absolute atomic E-state index is 0.0104. The number of cyclic esters (lactones) is 1. The highest BCUT2D eigenvalue weighted by Crippen LogP contribution is 2.58. The van der Waals surface area contributed by atoms with E-state index >= 15 is 0 Å². The minimum Gasteiger partial charge on any atom is -0.465 e. The highest BCUT2D eigenvalue weighted by atomic mass is 16.6. The van der Waals surface area contributed by atoms with Crippen LogP contribution in [0, 0.1) is 11.8 Å². The van der Waals surface area contributed by atoms with Crippen LogP contribution in [0.3, 0.4) is 0 Å². The van der Waals surface area contributed by atoms with Gasteiger partial charge in [0, 0.05) is 25.7 Å². The number of amides is 2. The second-order valence-electron chi connectivity index (χ2n) is 9.62. The third-order valence-corrected chi connectivity index (χ3v) is 7.73. The summed E-state index contributed by atoms with van der Waals surface area (Å²) in [7, 11) is 0. The average molecular weight is 461 g/mol. The Morgan fingerprint density at radius 2 is 1.94 bits per heavy atom. The van der Waals surface area contributed by atoms with Crippen LogP contribution < -0.4 is 0 Å². The molecule has 6 atom stereocenters. The van der Waals surface area contributed by atoms with Crippen LogP contribution >= 0.6 is 0 Å². The van der Waals surface area contributed by atoms with Crippen LogP contribution in [-0.4, -0.2) is 82.3 Å². The Kier molecular flexibility index (Phi) is 6.69. The molecule has 8 heteroatoms. The maximum Gasteiger partial charge on any atom is 0.313 e. The molecular weight excluding hydrogens is 424 g/mol. The summed E-state index contributed by atoms with van der Waals surface area (Å²) in [5, 5.41) is 9.46. The smallest absolute Gasteiger partial charge is 0.313 e. The number of esters is 1. The van der Waals surface area contributed by atoms with Gasteiger partial charge in [-0.3, -0.25) is 14.4 Å². The number of carbonyl (C=O) groups excluding carboxylic acids is 3. The molecule has 182 valence electrons. The molecule has 2 amide bonds. The van der Waals surface area contributed by atoms with Gasteiger partial charge in [-0.1, -0.05) is 44.6 Å². The molecule has 1 spiro atoms. The fourth-order valence-corrected chi connectivity index (χ4v) is 6.20. The molecule has 4 heterocycles. The van der Waals surface area contributed by atoms with Gasteiger partial charge in [-0.05, 0) is 32.6 Å². The average Bonchev–Trinajstić information content (AvgIpc) is 3.13. The third-order valence-electron chi connectivity index (χ3n) is 7.73. The number of hydrogen-bond acceptors (Lipinski definition) is 6. The van der Waals surface area contributed by atoms with Crippen molar-refractivity contribution in [3.05, 3.63) is 24.3 Å². The lowest BCUT2D eigenvalue weighted by atomic mass is 9.73. The number of likely N-dealkylation sites (tertiary alicyclic amines) is 1. The molecule has 33 heavy (non-hydrogen) atoms. The maximum atomic E-state index is 14.0. The maximum absolute atomic E-state index is 14.0. The third kappa shape index (κ3) is 3.62. The number of aliphatic hydroxyl groups is 1. The van der Waals surface area contributed by atoms with Crippen molar-refractivity contribution < 1.29 is 29.0 Å². The molecule has 4 rings (SSSR count). The van der Waals surface area contributed by atoms with Crippen molar-refractivity contribution in [3.63, 3.8) is 0 Å². The van der Waals surface area contributed by atoms with Gasteiger partial charge in [0.1, 0.15) is 23.2 Å². The van der Waals surface area contributed by atoms with E-state index in [0.29, 0.717) is 25.8 Å². The van der Waals surface area contributed by atoms with Crippen molar-refractivity contribution >= 4 is 17.8 Å². The molecule has 1 N–H and O–H groups in total. The summed E-state index contributed by atoms with van der Waals surface area (Å²) in [5.74, 6) is -2.56. The summed E-state index contributed by atoms with van der Waals surface area (Å²) >= 11 is 0. The first-order chi connectivity index (χ1) is 15.9. The van der Waals surface area contributed by atoms with E-state index in [1.165, 1.54) is 0 Å². The topological polar surface area (TPSA) is 96.4 Å². The molecule has 0 saturated carbocycles. The lowest BCUT2D eigenvalue weighted by Gasteiger charge is -2.39. The van der Waals surface area contributed by atoms with E-state index in [2.05, 4.69) is 6.92 Å². The van der Waals surface area contributed by atoms with E-state index in [9.17, 15) is 19.5 Å². The Morgan fingerprint density at radius 1 is 1.15 bits per heavy atom. The monoisotopic (exact) mass is 460 g/mol. The first-order valence-corrected chi connectivity index (χ1v) is 12.3. The van der Waals surface area contributed by atoms with E-state index in [4.69, 9.17) is 9.47 Å². The predicted octanol–water partition coefficient (Wildman–Crippen LogP) is 1.82. The van der Waals surface area contributed by atoms with Gasteiger partial charge in [0.15, 0.2) is 0 Å². The molecule has 0 aromatic heterocycles. The fourth-order valence-electron chi connectivity index (χ4n) is 6.20. The Bertz CT molecular complexity index is 856. The van der Waals surface area contributed by atoms with Gasteiger partial charge in [-0.15, -0.1) is 0 Å². The zero-order chi connectivity index (χ0) is 23.8. The van der Waals surface area contributed by atoms with E-state index in [-0.39, 0.29) is 37.6 Å². The summed E-state index contributed by atoms with van der Waals surface area (Å²) in [6.07, 6.45) is 10.8. The highest BCUT2D eigenvalue weighted by molar-refractivity contribution is 5.99. The van der Waals surface area contributed by atoms with Crippen LogP contribution in [0.4, 0.5) is 0 Å². The van der Waals surface area contributed by atoms with E-state index < -0.39 is 35.0 Å². The number of rotatable bonds is 7. The van der Waals surface area contributed by atoms with Crippen LogP contribution in [-0.2, 0) is 23.9 Å². The van der Waals surface area contributed by atoms with Gasteiger partial charge in [0.2, 0.25) is 11.8 Å². The quantitative estimate of drug-likeness (QED) is 0.460. The normalized spacial score (nSPS) is 36.6. The fraction of sp³-hybridized carbons (Fsp3) is 0.720. The van der Waals surface area contributed by atoms with Crippen molar-refractivity contribution in [2.75, 3.05) is 26.3 Å². The summed E-state index contributed by atoms with van der Waals surface area (Å²) in [6, 6.07) is -0.867. The van der Waals surface area contributed by atoms with Crippen molar-refractivity contribution in [2.45, 2.75) is 76.2 Å². The molecular formula is C25H36N2O6. The SMILES string of the molecule is CCCC(C)N1CC=C[C@]23O[C@@]4(CC)C=CCCOC(=O)[C@H]4[C@H]2C(=O)N(CCCO)C3C1=O. The van der Waals surface area contributed by atoms with Crippen LogP contribution in [0.25, 0.3) is 0 Å². The predicted molar refractivity (Wildman–Crippen MR) is 121 cm³/mol. The number of hydrogen-bond donors (Lipinski definition) is 1. The number of nitrogens with zero attached hydrogens (tertiary/aromatic N) is 2. The van der Waals surface area contributed by atoms with Crippen molar-refractivity contribution in [1.82, 2.24) is 9.80 Å². The van der Waals surface area contributed by atoms with E-state index in [1.807, 2.05) is 43.1 Å². The molecule has 2 unspecified atom stereocenters. The van der Waals surface area contributed by atoms with Gasteiger partial charge in [-0.2, -0.15) is 0 Å². The number of aliphatic hydroxyl groups excluding tert-OH is 1. The van der Waals surface area contributed by atoms with Gasteiger partial charge in [0.25, 0.3) is 0 Å². The number of fused-ring (bicyclic) bond motifs is 2. The molecule has 0 radical (unpaired) electrons. The zero-order valence-electron chi connectivity index (χ0n) is 19.9. The van der Waals surface area contributed by atoms with Gasteiger partial charge < -0.3 is 24.4 Å². The van der Waals surface area contributed by atoms with Crippen LogP contribution in [0.15, 0.2) is 24.3 Å². The second kappa shape index (κ2) is 9.22. The molecule has 4 aliphatic rings. The van der Waals surface area contributed by atoms with Crippen molar-refractivity contribution in [1.29, 1.82) is 0 Å². The van der Waals surface area contributed by atoms with E-state index in [1.54, 1.807) is 4.90 Å². The van der Waals surface area contributed by atoms with E-state index in [0.717, 1.165) is 12.8 Å². The van der Waals surface area contributed by atoms with Crippen LogP contribution in [0.2, 0.25) is 0 Å². The molecule has 8 nitrogen and oxygen atoms in total. The molecule has 0 aliphatic carbocycles. The summed E-state index contributed by atoms with van der Waals surface area (Å²) in [4.78, 5) is 44.5. The summed E-state index contributed by atoms with van der Waals surface area (Å²) in [5.41, 5.74) is -2.26. The van der Waals surface area contributed by atoms with Crippen LogP contribution in [0.1, 0.15) is 52.9 Å².